The number of carboxylic acids is 1. The van der Waals surface area contributed by atoms with Crippen LogP contribution in [0.3, 0.4) is 0 Å². The van der Waals surface area contributed by atoms with Gasteiger partial charge in [0.2, 0.25) is 5.88 Å². The van der Waals surface area contributed by atoms with Crippen molar-refractivity contribution in [2.24, 2.45) is 0 Å². The number of hydrogen-bond acceptors (Lipinski definition) is 5. The number of allylic oxidation sites excluding steroid dienone is 1. The van der Waals surface area contributed by atoms with Gasteiger partial charge in [-0.15, -0.1) is 13.2 Å². The topological polar surface area (TPSA) is 97.4 Å². The number of carbonyl (C=O) groups is 1. The zero-order valence-electron chi connectivity index (χ0n) is 18.8. The summed E-state index contributed by atoms with van der Waals surface area (Å²) in [7, 11) is 1.49. The first-order valence-corrected chi connectivity index (χ1v) is 10.5. The van der Waals surface area contributed by atoms with Crippen LogP contribution in [0.1, 0.15) is 27.0 Å². The van der Waals surface area contributed by atoms with Gasteiger partial charge in [0.25, 0.3) is 0 Å². The minimum Gasteiger partial charge on any atom is -0.481 e. The molecule has 4 rings (SSSR count). The van der Waals surface area contributed by atoms with Crippen molar-refractivity contribution in [1.82, 2.24) is 9.55 Å². The number of alkyl halides is 3. The normalized spacial score (nSPS) is 11.8. The number of methoxy groups -OCH3 is 1. The van der Waals surface area contributed by atoms with Gasteiger partial charge in [0, 0.05) is 42.0 Å². The van der Waals surface area contributed by atoms with Crippen LogP contribution >= 0.6 is 0 Å². The molecular weight excluding hydrogens is 475 g/mol. The summed E-state index contributed by atoms with van der Waals surface area (Å²) >= 11 is 0. The molecule has 2 aromatic carbocycles. The third-order valence-electron chi connectivity index (χ3n) is 5.34. The molecule has 0 fully saturated rings. The Morgan fingerprint density at radius 1 is 1.14 bits per heavy atom. The number of hydrogen-bond donors (Lipinski definition) is 1. The minimum atomic E-state index is -4.84. The van der Waals surface area contributed by atoms with Gasteiger partial charge in [0.15, 0.2) is 0 Å². The predicted molar refractivity (Wildman–Crippen MR) is 125 cm³/mol. The second-order valence-electron chi connectivity index (χ2n) is 7.70. The third-order valence-corrected chi connectivity index (χ3v) is 5.34. The summed E-state index contributed by atoms with van der Waals surface area (Å²) in [4.78, 5) is 15.3. The van der Waals surface area contributed by atoms with Crippen molar-refractivity contribution < 1.29 is 32.5 Å². The van der Waals surface area contributed by atoms with E-state index in [4.69, 9.17) is 9.84 Å². The molecule has 0 amide bonds. The van der Waals surface area contributed by atoms with Crippen molar-refractivity contribution >= 4 is 28.5 Å². The van der Waals surface area contributed by atoms with E-state index in [1.807, 2.05) is 0 Å². The summed E-state index contributed by atoms with van der Waals surface area (Å²) in [5.41, 5.74) is 2.65. The van der Waals surface area contributed by atoms with Crippen LogP contribution in [-0.2, 0) is 6.54 Å². The molecule has 0 unspecified atom stereocenters. The number of fused-ring (bicyclic) bond motifs is 1. The fraction of sp³-hybridized carbons (Fsp3) is 0.115. The van der Waals surface area contributed by atoms with Crippen molar-refractivity contribution in [2.45, 2.75) is 12.9 Å². The Morgan fingerprint density at radius 3 is 2.44 bits per heavy atom. The Labute approximate surface area is 203 Å². The van der Waals surface area contributed by atoms with Crippen molar-refractivity contribution in [3.8, 4) is 17.7 Å². The highest BCUT2D eigenvalue weighted by Crippen LogP contribution is 2.32. The summed E-state index contributed by atoms with van der Waals surface area (Å²) in [6, 6.07) is 15.4. The first kappa shape index (κ1) is 24.3. The first-order valence-electron chi connectivity index (χ1n) is 10.5. The van der Waals surface area contributed by atoms with Crippen molar-refractivity contribution in [3.05, 3.63) is 89.2 Å². The van der Waals surface area contributed by atoms with Crippen LogP contribution in [0, 0.1) is 11.3 Å². The molecule has 0 bridgehead atoms. The zero-order chi connectivity index (χ0) is 25.9. The highest BCUT2D eigenvalue weighted by atomic mass is 19.4. The van der Waals surface area contributed by atoms with Crippen molar-refractivity contribution in [2.75, 3.05) is 7.11 Å². The lowest BCUT2D eigenvalue weighted by molar-refractivity contribution is -0.274. The van der Waals surface area contributed by atoms with E-state index in [-0.39, 0.29) is 23.4 Å². The van der Waals surface area contributed by atoms with Gasteiger partial charge in [0.05, 0.1) is 29.8 Å². The molecule has 0 spiro atoms. The smallest absolute Gasteiger partial charge is 0.481 e. The van der Waals surface area contributed by atoms with E-state index in [9.17, 15) is 23.2 Å². The summed E-state index contributed by atoms with van der Waals surface area (Å²) in [6.07, 6.45) is 0.0746. The average molecular weight is 493 g/mol. The molecule has 4 aromatic rings. The molecule has 0 atom stereocenters. The zero-order valence-corrected chi connectivity index (χ0v) is 18.8. The molecule has 2 heterocycles. The number of rotatable bonds is 7. The van der Waals surface area contributed by atoms with E-state index in [1.165, 1.54) is 49.6 Å². The SMILES string of the molecule is COc1ccc(Cn2cc(/C=C(\C#N)c3ccc(C(=O)O)cc3)c3ccc(OC(F)(F)F)cc32)cn1. The molecule has 1 N–H and O–H groups in total. The molecule has 36 heavy (non-hydrogen) atoms. The second-order valence-corrected chi connectivity index (χ2v) is 7.70. The predicted octanol–water partition coefficient (Wildman–Crippen LogP) is 5.75. The first-order chi connectivity index (χ1) is 17.2. The summed E-state index contributed by atoms with van der Waals surface area (Å²) in [6.45, 7) is 0.284. The molecule has 0 aliphatic heterocycles. The molecule has 182 valence electrons. The fourth-order valence-electron chi connectivity index (χ4n) is 3.69. The quantitative estimate of drug-likeness (QED) is 0.329. The number of pyridine rings is 1. The largest absolute Gasteiger partial charge is 0.573 e. The number of aromatic carboxylic acids is 1. The van der Waals surface area contributed by atoms with Gasteiger partial charge in [-0.25, -0.2) is 9.78 Å². The molecule has 10 heteroatoms. The van der Waals surface area contributed by atoms with E-state index < -0.39 is 12.3 Å². The van der Waals surface area contributed by atoms with Crippen LogP contribution in [0.15, 0.2) is 67.0 Å². The third kappa shape index (κ3) is 5.47. The second kappa shape index (κ2) is 9.84. The molecule has 0 aliphatic carbocycles. The van der Waals surface area contributed by atoms with Gasteiger partial charge in [0.1, 0.15) is 5.75 Å². The van der Waals surface area contributed by atoms with Crippen LogP contribution in [0.5, 0.6) is 11.6 Å². The summed E-state index contributed by atoms with van der Waals surface area (Å²) < 4.78 is 49.3. The number of aromatic nitrogens is 2. The molecular formula is C26H18F3N3O4. The minimum absolute atomic E-state index is 0.0814. The molecule has 2 aromatic heterocycles. The van der Waals surface area contributed by atoms with Gasteiger partial charge in [-0.3, -0.25) is 0 Å². The lowest BCUT2D eigenvalue weighted by Gasteiger charge is -2.10. The number of ether oxygens (including phenoxy) is 2. The van der Waals surface area contributed by atoms with Crippen LogP contribution in [-0.4, -0.2) is 34.1 Å². The maximum Gasteiger partial charge on any atom is 0.573 e. The average Bonchev–Trinajstić information content (AvgIpc) is 3.18. The summed E-state index contributed by atoms with van der Waals surface area (Å²) in [5.74, 6) is -1.03. The highest BCUT2D eigenvalue weighted by Gasteiger charge is 2.31. The standard InChI is InChI=1S/C26H18F3N3O4/c1-35-24-9-2-16(13-31-24)14-32-15-20(22-8-7-21(11-23(22)32)36-26(27,28)29)10-19(12-30)17-3-5-18(6-4-17)25(33)34/h2-11,13,15H,14H2,1H3,(H,33,34)/b19-10+. The molecule has 0 radical (unpaired) electrons. The number of nitriles is 1. The number of halogens is 3. The van der Waals surface area contributed by atoms with Crippen molar-refractivity contribution in [1.29, 1.82) is 5.26 Å². The monoisotopic (exact) mass is 493 g/mol. The Morgan fingerprint density at radius 2 is 1.86 bits per heavy atom. The number of carboxylic acid groups (broad SMARTS) is 1. The maximum atomic E-state index is 12.8. The Bertz CT molecular complexity index is 1480. The Balaban J connectivity index is 1.79. The fourth-order valence-corrected chi connectivity index (χ4v) is 3.69. The molecule has 0 aliphatic rings. The van der Waals surface area contributed by atoms with Gasteiger partial charge in [-0.2, -0.15) is 5.26 Å². The van der Waals surface area contributed by atoms with Crippen LogP contribution in [0.4, 0.5) is 13.2 Å². The van der Waals surface area contributed by atoms with E-state index in [2.05, 4.69) is 15.8 Å². The Kier molecular flexibility index (Phi) is 6.65. The lowest BCUT2D eigenvalue weighted by atomic mass is 10.0. The Hall–Kier alpha value is -4.78. The van der Waals surface area contributed by atoms with Crippen LogP contribution < -0.4 is 9.47 Å². The van der Waals surface area contributed by atoms with Gasteiger partial charge in [-0.1, -0.05) is 18.2 Å². The van der Waals surface area contributed by atoms with Gasteiger partial charge >= 0.3 is 12.3 Å². The van der Waals surface area contributed by atoms with Gasteiger partial charge < -0.3 is 19.1 Å². The van der Waals surface area contributed by atoms with E-state index in [0.717, 1.165) is 5.56 Å². The van der Waals surface area contributed by atoms with Crippen LogP contribution in [0.2, 0.25) is 0 Å². The van der Waals surface area contributed by atoms with Crippen LogP contribution in [0.25, 0.3) is 22.6 Å². The lowest BCUT2D eigenvalue weighted by Crippen LogP contribution is -2.17. The highest BCUT2D eigenvalue weighted by molar-refractivity contribution is 5.99. The van der Waals surface area contributed by atoms with Crippen molar-refractivity contribution in [3.63, 3.8) is 0 Å². The van der Waals surface area contributed by atoms with E-state index in [0.29, 0.717) is 27.9 Å². The number of benzene rings is 2. The molecule has 0 saturated heterocycles. The van der Waals surface area contributed by atoms with Gasteiger partial charge in [-0.05, 0) is 41.5 Å². The molecule has 0 saturated carbocycles. The summed E-state index contributed by atoms with van der Waals surface area (Å²) in [5, 5.41) is 19.4. The van der Waals surface area contributed by atoms with E-state index >= 15 is 0 Å². The van der Waals surface area contributed by atoms with E-state index in [1.54, 1.807) is 35.2 Å². The molecule has 7 nitrogen and oxygen atoms in total. The number of nitrogens with zero attached hydrogens (tertiary/aromatic N) is 3. The maximum absolute atomic E-state index is 12.8.